The molecule has 2 heterocycles. The maximum Gasteiger partial charge on any atom is 0.272 e. The molecule has 44 heavy (non-hydrogen) atoms. The van der Waals surface area contributed by atoms with E-state index in [0.717, 1.165) is 62.8 Å². The number of aliphatic hydroxyl groups excluding tert-OH is 1. The number of aromatic nitrogens is 2. The zero-order valence-corrected chi connectivity index (χ0v) is 26.3. The molecule has 0 bridgehead atoms. The largest absolute Gasteiger partial charge is 0.497 e. The number of amides is 2. The number of nitrogens with one attached hydrogen (secondary N) is 2. The molecule has 3 N–H and O–H groups in total. The SMILES string of the molecule is CCCC1CCCCN1C(=O)c1cc(C(=O)N[C@@H](Cc2ccccc2)[C@@H](O)CN[C@H]2CCc3ccc(OC)cc32)nn1CC. The summed E-state index contributed by atoms with van der Waals surface area (Å²) in [6.07, 6.45) is 6.65. The number of hydrogen-bond donors (Lipinski definition) is 3. The van der Waals surface area contributed by atoms with Gasteiger partial charge in [-0.15, -0.1) is 0 Å². The predicted molar refractivity (Wildman–Crippen MR) is 171 cm³/mol. The van der Waals surface area contributed by atoms with Gasteiger partial charge in [-0.05, 0) is 80.7 Å². The molecule has 1 aromatic heterocycles. The molecular formula is C35H47N5O4. The number of benzene rings is 2. The molecule has 9 heteroatoms. The van der Waals surface area contributed by atoms with Crippen molar-refractivity contribution in [3.63, 3.8) is 0 Å². The number of rotatable bonds is 13. The van der Waals surface area contributed by atoms with Gasteiger partial charge in [0.05, 0.1) is 19.3 Å². The van der Waals surface area contributed by atoms with Gasteiger partial charge in [-0.25, -0.2) is 0 Å². The van der Waals surface area contributed by atoms with Crippen LogP contribution in [0.25, 0.3) is 0 Å². The van der Waals surface area contributed by atoms with Gasteiger partial charge in [0.25, 0.3) is 11.8 Å². The van der Waals surface area contributed by atoms with Gasteiger partial charge in [-0.2, -0.15) is 5.10 Å². The molecule has 1 unspecified atom stereocenters. The molecule has 1 saturated heterocycles. The molecule has 1 aliphatic carbocycles. The van der Waals surface area contributed by atoms with Crippen LogP contribution in [0.3, 0.4) is 0 Å². The number of aryl methyl sites for hydroxylation is 2. The second kappa shape index (κ2) is 14.9. The first-order chi connectivity index (χ1) is 21.4. The van der Waals surface area contributed by atoms with Gasteiger partial charge >= 0.3 is 0 Å². The smallest absolute Gasteiger partial charge is 0.272 e. The summed E-state index contributed by atoms with van der Waals surface area (Å²) in [6, 6.07) is 17.4. The molecule has 9 nitrogen and oxygen atoms in total. The van der Waals surface area contributed by atoms with E-state index < -0.39 is 18.1 Å². The molecule has 236 valence electrons. The van der Waals surface area contributed by atoms with Crippen LogP contribution in [-0.4, -0.2) is 70.0 Å². The van der Waals surface area contributed by atoms with E-state index in [1.807, 2.05) is 48.2 Å². The van der Waals surface area contributed by atoms with Crippen LogP contribution < -0.4 is 15.4 Å². The Morgan fingerprint density at radius 1 is 1.09 bits per heavy atom. The monoisotopic (exact) mass is 601 g/mol. The molecule has 0 radical (unpaired) electrons. The maximum absolute atomic E-state index is 13.7. The third kappa shape index (κ3) is 7.33. The van der Waals surface area contributed by atoms with Gasteiger partial charge in [0.1, 0.15) is 11.4 Å². The van der Waals surface area contributed by atoms with Gasteiger partial charge in [-0.1, -0.05) is 49.7 Å². The van der Waals surface area contributed by atoms with Crippen LogP contribution in [0, 0.1) is 0 Å². The van der Waals surface area contributed by atoms with Crippen LogP contribution in [-0.2, 0) is 19.4 Å². The Hall–Kier alpha value is -3.69. The van der Waals surface area contributed by atoms with Gasteiger partial charge in [0.15, 0.2) is 5.69 Å². The number of piperidine rings is 1. The van der Waals surface area contributed by atoms with E-state index in [0.29, 0.717) is 25.2 Å². The van der Waals surface area contributed by atoms with Crippen molar-refractivity contribution in [1.82, 2.24) is 25.3 Å². The lowest BCUT2D eigenvalue weighted by Crippen LogP contribution is -2.49. The van der Waals surface area contributed by atoms with Crippen molar-refractivity contribution in [2.45, 2.75) is 96.0 Å². The minimum atomic E-state index is -0.855. The Morgan fingerprint density at radius 3 is 2.66 bits per heavy atom. The van der Waals surface area contributed by atoms with E-state index in [1.54, 1.807) is 17.9 Å². The first-order valence-corrected chi connectivity index (χ1v) is 16.2. The molecule has 4 atom stereocenters. The van der Waals surface area contributed by atoms with E-state index in [1.165, 1.54) is 11.1 Å². The highest BCUT2D eigenvalue weighted by atomic mass is 16.5. The number of nitrogens with zero attached hydrogens (tertiary/aromatic N) is 3. The van der Waals surface area contributed by atoms with E-state index in [9.17, 15) is 14.7 Å². The highest BCUT2D eigenvalue weighted by molar-refractivity contribution is 5.98. The molecule has 0 spiro atoms. The Morgan fingerprint density at radius 2 is 1.91 bits per heavy atom. The standard InChI is InChI=1S/C35H47N5O4/c1-4-11-26-14-9-10-19-39(26)35(43)32-22-31(38-40(32)5-2)34(42)37-30(20-24-12-7-6-8-13-24)33(41)23-36-29-18-16-25-15-17-27(44-3)21-28(25)29/h6-8,12-13,15,17,21-22,26,29-30,33,36,41H,4-5,9-11,14,16,18-20,23H2,1-3H3,(H,37,42)/t26?,29-,30-,33-/m0/s1. The van der Waals surface area contributed by atoms with Crippen molar-refractivity contribution in [3.8, 4) is 5.75 Å². The Balaban J connectivity index is 1.30. The summed E-state index contributed by atoms with van der Waals surface area (Å²) < 4.78 is 7.06. The second-order valence-corrected chi connectivity index (χ2v) is 12.1. The number of likely N-dealkylation sites (tertiary alicyclic amines) is 1. The molecule has 1 fully saturated rings. The Kier molecular flexibility index (Phi) is 10.7. The summed E-state index contributed by atoms with van der Waals surface area (Å²) in [5.74, 6) is 0.360. The average Bonchev–Trinajstić information content (AvgIpc) is 3.68. The first-order valence-electron chi connectivity index (χ1n) is 16.2. The quantitative estimate of drug-likeness (QED) is 0.263. The molecule has 0 saturated carbocycles. The summed E-state index contributed by atoms with van der Waals surface area (Å²) in [5.41, 5.74) is 4.12. The highest BCUT2D eigenvalue weighted by Gasteiger charge is 2.31. The molecule has 1 aliphatic heterocycles. The highest BCUT2D eigenvalue weighted by Crippen LogP contribution is 2.33. The zero-order valence-electron chi connectivity index (χ0n) is 26.3. The fraction of sp³-hybridized carbons (Fsp3) is 0.514. The summed E-state index contributed by atoms with van der Waals surface area (Å²) in [4.78, 5) is 29.3. The van der Waals surface area contributed by atoms with Crippen LogP contribution in [0.2, 0.25) is 0 Å². The first kappa shape index (κ1) is 31.7. The maximum atomic E-state index is 13.7. The van der Waals surface area contributed by atoms with Crippen molar-refractivity contribution >= 4 is 11.8 Å². The minimum absolute atomic E-state index is 0.0601. The van der Waals surface area contributed by atoms with Crippen molar-refractivity contribution in [1.29, 1.82) is 0 Å². The van der Waals surface area contributed by atoms with Crippen LogP contribution in [0.1, 0.15) is 96.1 Å². The number of aliphatic hydroxyl groups is 1. The second-order valence-electron chi connectivity index (χ2n) is 12.1. The lowest BCUT2D eigenvalue weighted by molar-refractivity contribution is 0.0588. The van der Waals surface area contributed by atoms with Gasteiger partial charge < -0.3 is 25.4 Å². The summed E-state index contributed by atoms with van der Waals surface area (Å²) in [6.45, 7) is 5.59. The third-order valence-electron chi connectivity index (χ3n) is 9.12. The number of fused-ring (bicyclic) bond motifs is 1. The van der Waals surface area contributed by atoms with Crippen LogP contribution >= 0.6 is 0 Å². The predicted octanol–water partition coefficient (Wildman–Crippen LogP) is 4.69. The van der Waals surface area contributed by atoms with Crippen molar-refractivity contribution in [2.24, 2.45) is 0 Å². The fourth-order valence-corrected chi connectivity index (χ4v) is 6.71. The van der Waals surface area contributed by atoms with E-state index in [4.69, 9.17) is 4.74 Å². The number of methoxy groups -OCH3 is 1. The Labute approximate surface area is 261 Å². The summed E-state index contributed by atoms with van der Waals surface area (Å²) in [5, 5.41) is 22.6. The van der Waals surface area contributed by atoms with Gasteiger partial charge in [-0.3, -0.25) is 14.3 Å². The van der Waals surface area contributed by atoms with Crippen molar-refractivity contribution < 1.29 is 19.4 Å². The van der Waals surface area contributed by atoms with Crippen LogP contribution in [0.5, 0.6) is 5.75 Å². The topological polar surface area (TPSA) is 109 Å². The third-order valence-corrected chi connectivity index (χ3v) is 9.12. The van der Waals surface area contributed by atoms with Gasteiger partial charge in [0, 0.05) is 37.8 Å². The van der Waals surface area contributed by atoms with E-state index in [-0.39, 0.29) is 23.7 Å². The Bertz CT molecular complexity index is 1410. The van der Waals surface area contributed by atoms with Gasteiger partial charge in [0.2, 0.25) is 0 Å². The molecule has 5 rings (SSSR count). The number of hydrogen-bond acceptors (Lipinski definition) is 6. The number of carbonyl (C=O) groups is 2. The summed E-state index contributed by atoms with van der Waals surface area (Å²) in [7, 11) is 1.67. The fourth-order valence-electron chi connectivity index (χ4n) is 6.71. The minimum Gasteiger partial charge on any atom is -0.497 e. The zero-order chi connectivity index (χ0) is 31.1. The molecule has 2 aliphatic rings. The average molecular weight is 602 g/mol. The lowest BCUT2D eigenvalue weighted by atomic mass is 9.98. The molecule has 2 amide bonds. The van der Waals surface area contributed by atoms with Crippen molar-refractivity contribution in [2.75, 3.05) is 20.2 Å². The summed E-state index contributed by atoms with van der Waals surface area (Å²) >= 11 is 0. The molecule has 3 aromatic rings. The molecule has 2 aromatic carbocycles. The van der Waals surface area contributed by atoms with E-state index >= 15 is 0 Å². The normalized spacial score (nSPS) is 19.3. The van der Waals surface area contributed by atoms with Crippen LogP contribution in [0.4, 0.5) is 0 Å². The van der Waals surface area contributed by atoms with Crippen molar-refractivity contribution in [3.05, 3.63) is 82.7 Å². The lowest BCUT2D eigenvalue weighted by Gasteiger charge is -2.35. The number of ether oxygens (including phenoxy) is 1. The van der Waals surface area contributed by atoms with E-state index in [2.05, 4.69) is 34.8 Å². The molecular weight excluding hydrogens is 554 g/mol. The number of carbonyl (C=O) groups excluding carboxylic acids is 2. The van der Waals surface area contributed by atoms with Crippen LogP contribution in [0.15, 0.2) is 54.6 Å².